The molecule has 2 rings (SSSR count). The number of H-pyrrole nitrogens is 1. The van der Waals surface area contributed by atoms with Crippen molar-refractivity contribution >= 4 is 35.4 Å². The zero-order valence-electron chi connectivity index (χ0n) is 10.7. The van der Waals surface area contributed by atoms with E-state index in [4.69, 9.17) is 35.4 Å². The maximum Gasteiger partial charge on any atom is 0.139 e. The number of rotatable bonds is 3. The number of nitrogens with zero attached hydrogens (tertiary/aromatic N) is 1. The van der Waals surface area contributed by atoms with E-state index in [9.17, 15) is 0 Å². The maximum atomic E-state index is 6.03. The Hall–Kier alpha value is -0.900. The van der Waals surface area contributed by atoms with Crippen LogP contribution in [0.4, 0.5) is 0 Å². The van der Waals surface area contributed by atoms with Crippen molar-refractivity contribution in [3.63, 3.8) is 0 Å². The van der Waals surface area contributed by atoms with Gasteiger partial charge in [-0.05, 0) is 36.6 Å². The van der Waals surface area contributed by atoms with Crippen LogP contribution in [0.2, 0.25) is 10.0 Å². The van der Waals surface area contributed by atoms with Gasteiger partial charge >= 0.3 is 0 Å². The Morgan fingerprint density at radius 2 is 1.95 bits per heavy atom. The summed E-state index contributed by atoms with van der Waals surface area (Å²) in [5, 5.41) is 1.04. The highest BCUT2D eigenvalue weighted by Gasteiger charge is 2.06. The van der Waals surface area contributed by atoms with Crippen molar-refractivity contribution in [2.45, 2.75) is 20.3 Å². The first-order valence-electron chi connectivity index (χ1n) is 6.01. The molecule has 5 heteroatoms. The topological polar surface area (TPSA) is 28.7 Å². The molecule has 1 heterocycles. The summed E-state index contributed by atoms with van der Waals surface area (Å²) in [4.78, 5) is 7.64. The lowest BCUT2D eigenvalue weighted by Gasteiger charge is -2.08. The van der Waals surface area contributed by atoms with Crippen molar-refractivity contribution in [3.05, 3.63) is 44.6 Å². The minimum absolute atomic E-state index is 0.509. The molecule has 0 unspecified atom stereocenters. The molecule has 19 heavy (non-hydrogen) atoms. The largest absolute Gasteiger partial charge is 0.343 e. The summed E-state index contributed by atoms with van der Waals surface area (Å²) < 4.78 is 0.579. The van der Waals surface area contributed by atoms with E-state index < -0.39 is 0 Å². The number of aromatic nitrogens is 2. The van der Waals surface area contributed by atoms with Gasteiger partial charge in [0, 0.05) is 11.3 Å². The van der Waals surface area contributed by atoms with Crippen molar-refractivity contribution < 1.29 is 0 Å². The van der Waals surface area contributed by atoms with Gasteiger partial charge < -0.3 is 4.98 Å². The summed E-state index contributed by atoms with van der Waals surface area (Å²) in [7, 11) is 0. The molecule has 0 aliphatic heterocycles. The van der Waals surface area contributed by atoms with Gasteiger partial charge in [0.1, 0.15) is 10.5 Å². The van der Waals surface area contributed by atoms with E-state index >= 15 is 0 Å². The Bertz CT molecular complexity index is 650. The van der Waals surface area contributed by atoms with Crippen LogP contribution in [0, 0.1) is 10.6 Å². The number of aromatic amines is 1. The van der Waals surface area contributed by atoms with Gasteiger partial charge in [-0.25, -0.2) is 4.98 Å². The molecule has 2 nitrogen and oxygen atoms in total. The van der Waals surface area contributed by atoms with E-state index in [-0.39, 0.29) is 0 Å². The third-order valence-electron chi connectivity index (χ3n) is 2.62. The molecule has 1 aromatic carbocycles. The van der Waals surface area contributed by atoms with Gasteiger partial charge in [0.05, 0.1) is 10.0 Å². The average Bonchev–Trinajstić information content (AvgIpc) is 2.31. The number of benzene rings is 1. The second-order valence-electron chi connectivity index (χ2n) is 4.82. The predicted molar refractivity (Wildman–Crippen MR) is 83.4 cm³/mol. The fourth-order valence-corrected chi connectivity index (χ4v) is 2.37. The number of hydrogen-bond donors (Lipinski definition) is 1. The van der Waals surface area contributed by atoms with Crippen LogP contribution in [0.15, 0.2) is 24.3 Å². The standard InChI is InChI=1S/C14H14Cl2N2S/c1-8(2)5-10-7-13(19)18-14(17-10)9-3-4-11(15)12(16)6-9/h3-4,6-8H,5H2,1-2H3,(H,17,18,19). The van der Waals surface area contributed by atoms with E-state index in [1.807, 2.05) is 12.1 Å². The van der Waals surface area contributed by atoms with Gasteiger partial charge in [-0.3, -0.25) is 0 Å². The van der Waals surface area contributed by atoms with E-state index in [1.165, 1.54) is 0 Å². The fraction of sp³-hybridized carbons (Fsp3) is 0.286. The molecule has 0 amide bonds. The lowest BCUT2D eigenvalue weighted by Crippen LogP contribution is -2.00. The van der Waals surface area contributed by atoms with Gasteiger partial charge in [-0.1, -0.05) is 49.3 Å². The van der Waals surface area contributed by atoms with Crippen LogP contribution >= 0.6 is 35.4 Å². The molecule has 0 fully saturated rings. The quantitative estimate of drug-likeness (QED) is 0.778. The molecule has 0 spiro atoms. The lowest BCUT2D eigenvalue weighted by atomic mass is 10.1. The van der Waals surface area contributed by atoms with Gasteiger partial charge in [0.2, 0.25) is 0 Å². The molecule has 1 aromatic heterocycles. The number of halogens is 2. The van der Waals surface area contributed by atoms with Crippen molar-refractivity contribution in [1.82, 2.24) is 9.97 Å². The third kappa shape index (κ3) is 3.78. The summed E-state index contributed by atoms with van der Waals surface area (Å²) in [6, 6.07) is 7.32. The Morgan fingerprint density at radius 1 is 1.21 bits per heavy atom. The molecular weight excluding hydrogens is 299 g/mol. The number of hydrogen-bond acceptors (Lipinski definition) is 2. The van der Waals surface area contributed by atoms with Crippen molar-refractivity contribution in [2.75, 3.05) is 0 Å². The minimum atomic E-state index is 0.509. The molecule has 2 aromatic rings. The monoisotopic (exact) mass is 312 g/mol. The van der Waals surface area contributed by atoms with Gasteiger partial charge in [-0.2, -0.15) is 0 Å². The average molecular weight is 313 g/mol. The van der Waals surface area contributed by atoms with Crippen LogP contribution in [0.1, 0.15) is 19.5 Å². The smallest absolute Gasteiger partial charge is 0.139 e. The van der Waals surface area contributed by atoms with Crippen LogP contribution < -0.4 is 0 Å². The maximum absolute atomic E-state index is 6.03. The highest BCUT2D eigenvalue weighted by atomic mass is 35.5. The van der Waals surface area contributed by atoms with Crippen molar-refractivity contribution in [1.29, 1.82) is 0 Å². The first-order chi connectivity index (χ1) is 8.95. The molecular formula is C14H14Cl2N2S. The van der Waals surface area contributed by atoms with Crippen LogP contribution in [-0.2, 0) is 6.42 Å². The molecule has 0 saturated carbocycles. The van der Waals surface area contributed by atoms with Gasteiger partial charge in [0.25, 0.3) is 0 Å². The molecule has 0 bridgehead atoms. The fourth-order valence-electron chi connectivity index (χ4n) is 1.84. The second-order valence-corrected chi connectivity index (χ2v) is 6.05. The van der Waals surface area contributed by atoms with Crippen molar-refractivity contribution in [3.8, 4) is 11.4 Å². The van der Waals surface area contributed by atoms with Crippen LogP contribution in [-0.4, -0.2) is 9.97 Å². The SMILES string of the molecule is CC(C)Cc1cc(=S)nc(-c2ccc(Cl)c(Cl)c2)[nH]1. The summed E-state index contributed by atoms with van der Waals surface area (Å²) in [5.41, 5.74) is 1.96. The Balaban J connectivity index is 2.46. The van der Waals surface area contributed by atoms with Crippen LogP contribution in [0.25, 0.3) is 11.4 Å². The van der Waals surface area contributed by atoms with Gasteiger partial charge in [0.15, 0.2) is 0 Å². The molecule has 0 saturated heterocycles. The van der Waals surface area contributed by atoms with E-state index in [0.717, 1.165) is 23.5 Å². The Morgan fingerprint density at radius 3 is 2.58 bits per heavy atom. The summed E-state index contributed by atoms with van der Waals surface area (Å²) in [6.45, 7) is 4.33. The predicted octanol–water partition coefficient (Wildman–Crippen LogP) is 5.31. The summed E-state index contributed by atoms with van der Waals surface area (Å²) in [5.74, 6) is 1.27. The molecule has 0 atom stereocenters. The number of nitrogens with one attached hydrogen (secondary N) is 1. The summed E-state index contributed by atoms with van der Waals surface area (Å²) in [6.07, 6.45) is 0.931. The second kappa shape index (κ2) is 6.04. The van der Waals surface area contributed by atoms with Crippen LogP contribution in [0.3, 0.4) is 0 Å². The molecule has 0 aliphatic rings. The van der Waals surface area contributed by atoms with E-state index in [1.54, 1.807) is 12.1 Å². The Kier molecular flexibility index (Phi) is 4.61. The van der Waals surface area contributed by atoms with E-state index in [0.29, 0.717) is 20.6 Å². The minimum Gasteiger partial charge on any atom is -0.343 e. The van der Waals surface area contributed by atoms with Crippen LogP contribution in [0.5, 0.6) is 0 Å². The van der Waals surface area contributed by atoms with Gasteiger partial charge in [-0.15, -0.1) is 0 Å². The Labute approximate surface area is 127 Å². The normalized spacial score (nSPS) is 11.0. The molecule has 100 valence electrons. The highest BCUT2D eigenvalue weighted by molar-refractivity contribution is 7.71. The highest BCUT2D eigenvalue weighted by Crippen LogP contribution is 2.27. The zero-order chi connectivity index (χ0) is 14.0. The first kappa shape index (κ1) is 14.5. The molecule has 0 radical (unpaired) electrons. The molecule has 0 aliphatic carbocycles. The van der Waals surface area contributed by atoms with E-state index in [2.05, 4.69) is 23.8 Å². The first-order valence-corrected chi connectivity index (χ1v) is 7.18. The third-order valence-corrected chi connectivity index (χ3v) is 3.57. The van der Waals surface area contributed by atoms with Crippen molar-refractivity contribution in [2.24, 2.45) is 5.92 Å². The molecule has 1 N–H and O–H groups in total. The zero-order valence-corrected chi connectivity index (χ0v) is 13.0. The lowest BCUT2D eigenvalue weighted by molar-refractivity contribution is 0.634. The summed E-state index contributed by atoms with van der Waals surface area (Å²) >= 11 is 17.2.